The molecular weight excluding hydrogens is 188 g/mol. The fourth-order valence-electron chi connectivity index (χ4n) is 2.56. The zero-order chi connectivity index (χ0) is 11.5. The first kappa shape index (κ1) is 12.4. The number of hydrogen-bond donors (Lipinski definition) is 1. The highest BCUT2D eigenvalue weighted by Gasteiger charge is 2.40. The van der Waals surface area contributed by atoms with Gasteiger partial charge in [-0.25, -0.2) is 0 Å². The van der Waals surface area contributed by atoms with Gasteiger partial charge in [-0.15, -0.1) is 0 Å². The predicted molar refractivity (Wildman–Crippen MR) is 61.6 cm³/mol. The summed E-state index contributed by atoms with van der Waals surface area (Å²) in [5.41, 5.74) is 1.19. The summed E-state index contributed by atoms with van der Waals surface area (Å²) in [6.45, 7) is 6.09. The zero-order valence-corrected chi connectivity index (χ0v) is 10.0. The van der Waals surface area contributed by atoms with E-state index in [2.05, 4.69) is 19.9 Å². The second kappa shape index (κ2) is 4.93. The smallest absolute Gasteiger partial charge is 0.136 e. The van der Waals surface area contributed by atoms with Crippen molar-refractivity contribution in [1.82, 2.24) is 0 Å². The Morgan fingerprint density at radius 3 is 2.73 bits per heavy atom. The molecule has 1 N–H and O–H groups in total. The lowest BCUT2D eigenvalue weighted by molar-refractivity contribution is -0.130. The van der Waals surface area contributed by atoms with E-state index in [1.54, 1.807) is 6.92 Å². The van der Waals surface area contributed by atoms with E-state index in [1.165, 1.54) is 5.57 Å². The Hall–Kier alpha value is -0.630. The van der Waals surface area contributed by atoms with Gasteiger partial charge in [-0.1, -0.05) is 18.6 Å². The van der Waals surface area contributed by atoms with Gasteiger partial charge >= 0.3 is 0 Å². The number of carbonyl (C=O) groups excluding carboxylic acids is 1. The number of carbonyl (C=O) groups is 1. The Morgan fingerprint density at radius 1 is 1.67 bits per heavy atom. The van der Waals surface area contributed by atoms with Gasteiger partial charge in [-0.3, -0.25) is 4.79 Å². The maximum atomic E-state index is 11.8. The molecule has 2 heteroatoms. The zero-order valence-electron chi connectivity index (χ0n) is 10.0. The highest BCUT2D eigenvalue weighted by molar-refractivity contribution is 5.83. The molecule has 2 atom stereocenters. The molecule has 0 bridgehead atoms. The van der Waals surface area contributed by atoms with Gasteiger partial charge < -0.3 is 5.11 Å². The van der Waals surface area contributed by atoms with E-state index in [0.717, 1.165) is 25.7 Å². The maximum Gasteiger partial charge on any atom is 0.136 e. The van der Waals surface area contributed by atoms with Crippen LogP contribution in [-0.2, 0) is 4.79 Å². The lowest BCUT2D eigenvalue weighted by atomic mass is 9.64. The average Bonchev–Trinajstić information content (AvgIpc) is 2.19. The van der Waals surface area contributed by atoms with E-state index in [1.807, 2.05) is 0 Å². The fraction of sp³-hybridized carbons (Fsp3) is 0.769. The molecular formula is C13H22O2. The molecule has 2 unspecified atom stereocenters. The highest BCUT2D eigenvalue weighted by Crippen LogP contribution is 2.43. The van der Waals surface area contributed by atoms with E-state index in [4.69, 9.17) is 5.11 Å². The van der Waals surface area contributed by atoms with E-state index >= 15 is 0 Å². The molecule has 86 valence electrons. The van der Waals surface area contributed by atoms with E-state index in [9.17, 15) is 4.79 Å². The number of ketones is 1. The summed E-state index contributed by atoms with van der Waals surface area (Å²) >= 11 is 0. The van der Waals surface area contributed by atoms with Gasteiger partial charge in [-0.05, 0) is 45.4 Å². The van der Waals surface area contributed by atoms with Crippen LogP contribution in [0.25, 0.3) is 0 Å². The standard InChI is InChI=1S/C13H22O2/c1-10-4-7-13(8-5-10,12(3)15)11(2)6-9-14/h4,11,14H,5-9H2,1-3H3. The van der Waals surface area contributed by atoms with Crippen molar-refractivity contribution in [3.8, 4) is 0 Å². The molecule has 1 rings (SSSR count). The minimum absolute atomic E-state index is 0.179. The van der Waals surface area contributed by atoms with Crippen LogP contribution >= 0.6 is 0 Å². The van der Waals surface area contributed by atoms with Crippen LogP contribution in [0.1, 0.15) is 46.5 Å². The Balaban J connectivity index is 2.85. The minimum atomic E-state index is -0.206. The molecule has 0 saturated carbocycles. The summed E-state index contributed by atoms with van der Waals surface area (Å²) in [6, 6.07) is 0. The predicted octanol–water partition coefficient (Wildman–Crippen LogP) is 2.71. The fourth-order valence-corrected chi connectivity index (χ4v) is 2.56. The first-order valence-electron chi connectivity index (χ1n) is 5.80. The molecule has 0 aromatic rings. The van der Waals surface area contributed by atoms with Gasteiger partial charge in [0.05, 0.1) is 0 Å². The van der Waals surface area contributed by atoms with Crippen molar-refractivity contribution >= 4 is 5.78 Å². The van der Waals surface area contributed by atoms with E-state index in [0.29, 0.717) is 0 Å². The monoisotopic (exact) mass is 210 g/mol. The first-order chi connectivity index (χ1) is 7.03. The van der Waals surface area contributed by atoms with Crippen LogP contribution in [0.5, 0.6) is 0 Å². The minimum Gasteiger partial charge on any atom is -0.396 e. The molecule has 0 aromatic carbocycles. The van der Waals surface area contributed by atoms with Crippen molar-refractivity contribution in [2.75, 3.05) is 6.61 Å². The second-order valence-corrected chi connectivity index (χ2v) is 4.88. The lowest BCUT2D eigenvalue weighted by Gasteiger charge is -2.39. The van der Waals surface area contributed by atoms with Gasteiger partial charge in [0.15, 0.2) is 0 Å². The third-order valence-corrected chi connectivity index (χ3v) is 3.99. The van der Waals surface area contributed by atoms with Crippen LogP contribution in [-0.4, -0.2) is 17.5 Å². The molecule has 0 aliphatic heterocycles. The number of aliphatic hydroxyl groups is 1. The molecule has 0 radical (unpaired) electrons. The van der Waals surface area contributed by atoms with Crippen molar-refractivity contribution in [3.05, 3.63) is 11.6 Å². The molecule has 15 heavy (non-hydrogen) atoms. The third kappa shape index (κ3) is 2.49. The summed E-state index contributed by atoms with van der Waals surface area (Å²) in [7, 11) is 0. The topological polar surface area (TPSA) is 37.3 Å². The van der Waals surface area contributed by atoms with Gasteiger partial charge in [-0.2, -0.15) is 0 Å². The highest BCUT2D eigenvalue weighted by atomic mass is 16.3. The molecule has 1 aliphatic carbocycles. The van der Waals surface area contributed by atoms with Crippen LogP contribution in [0.15, 0.2) is 11.6 Å². The number of aliphatic hydroxyl groups excluding tert-OH is 1. The van der Waals surface area contributed by atoms with Crippen LogP contribution in [0.2, 0.25) is 0 Å². The number of Topliss-reactive ketones (excluding diaryl/α,β-unsaturated/α-hetero) is 1. The molecule has 0 heterocycles. The summed E-state index contributed by atoms with van der Waals surface area (Å²) in [6.07, 6.45) is 5.75. The van der Waals surface area contributed by atoms with Crippen molar-refractivity contribution in [1.29, 1.82) is 0 Å². The molecule has 0 spiro atoms. The molecule has 1 aliphatic rings. The molecule has 2 nitrogen and oxygen atoms in total. The number of hydrogen-bond acceptors (Lipinski definition) is 2. The Kier molecular flexibility index (Phi) is 4.09. The lowest BCUT2D eigenvalue weighted by Crippen LogP contribution is -2.37. The van der Waals surface area contributed by atoms with E-state index < -0.39 is 0 Å². The molecule has 0 saturated heterocycles. The first-order valence-corrected chi connectivity index (χ1v) is 5.80. The average molecular weight is 210 g/mol. The van der Waals surface area contributed by atoms with Crippen molar-refractivity contribution < 1.29 is 9.90 Å². The van der Waals surface area contributed by atoms with Gasteiger partial charge in [0, 0.05) is 12.0 Å². The Labute approximate surface area is 92.4 Å². The van der Waals surface area contributed by atoms with Crippen LogP contribution in [0, 0.1) is 11.3 Å². The summed E-state index contributed by atoms with van der Waals surface area (Å²) in [5, 5.41) is 8.99. The van der Waals surface area contributed by atoms with Crippen LogP contribution < -0.4 is 0 Å². The normalized spacial score (nSPS) is 28.4. The van der Waals surface area contributed by atoms with Crippen molar-refractivity contribution in [2.45, 2.75) is 46.5 Å². The summed E-state index contributed by atoms with van der Waals surface area (Å²) < 4.78 is 0. The van der Waals surface area contributed by atoms with Crippen LogP contribution in [0.4, 0.5) is 0 Å². The Bertz CT molecular complexity index is 268. The molecule has 0 fully saturated rings. The van der Waals surface area contributed by atoms with Crippen molar-refractivity contribution in [3.63, 3.8) is 0 Å². The van der Waals surface area contributed by atoms with Crippen LogP contribution in [0.3, 0.4) is 0 Å². The Morgan fingerprint density at radius 2 is 2.33 bits per heavy atom. The van der Waals surface area contributed by atoms with Gasteiger partial charge in [0.1, 0.15) is 5.78 Å². The third-order valence-electron chi connectivity index (χ3n) is 3.99. The largest absolute Gasteiger partial charge is 0.396 e. The van der Waals surface area contributed by atoms with Gasteiger partial charge in [0.2, 0.25) is 0 Å². The molecule has 0 aromatic heterocycles. The van der Waals surface area contributed by atoms with E-state index in [-0.39, 0.29) is 23.7 Å². The van der Waals surface area contributed by atoms with Crippen molar-refractivity contribution in [2.24, 2.45) is 11.3 Å². The second-order valence-electron chi connectivity index (χ2n) is 4.88. The molecule has 0 amide bonds. The SMILES string of the molecule is CC(=O)C1(C(C)CCO)CC=C(C)CC1. The number of rotatable bonds is 4. The summed E-state index contributed by atoms with van der Waals surface area (Å²) in [4.78, 5) is 11.8. The van der Waals surface area contributed by atoms with Gasteiger partial charge in [0.25, 0.3) is 0 Å². The number of allylic oxidation sites excluding steroid dienone is 2. The maximum absolute atomic E-state index is 11.8. The summed E-state index contributed by atoms with van der Waals surface area (Å²) in [5.74, 6) is 0.566. The quantitative estimate of drug-likeness (QED) is 0.724.